The lowest BCUT2D eigenvalue weighted by molar-refractivity contribution is -0.0293. The molecule has 0 spiro atoms. The molecule has 1 saturated carbocycles. The maximum absolute atomic E-state index is 11.6. The molecule has 2 fully saturated rings. The number of hydrogen-bond donors (Lipinski definition) is 3. The number of ether oxygens (including phenoxy) is 1. The molecule has 0 bridgehead atoms. The molecule has 1 aliphatic heterocycles. The van der Waals surface area contributed by atoms with Crippen molar-refractivity contribution in [2.24, 2.45) is 0 Å². The normalized spacial score (nSPS) is 23.7. The lowest BCUT2D eigenvalue weighted by atomic mass is 9.70. The fraction of sp³-hybridized carbons (Fsp3) is 0.538. The molecule has 1 heterocycles. The van der Waals surface area contributed by atoms with Crippen LogP contribution in [0.5, 0.6) is 5.75 Å². The highest BCUT2D eigenvalue weighted by Crippen LogP contribution is 2.44. The summed E-state index contributed by atoms with van der Waals surface area (Å²) in [5.41, 5.74) is 1.43. The molecular formula is C26H35Cl2NO3. The Labute approximate surface area is 202 Å². The zero-order valence-corrected chi connectivity index (χ0v) is 20.1. The number of hydrogen-bond acceptors (Lipinski definition) is 4. The summed E-state index contributed by atoms with van der Waals surface area (Å²) in [6, 6.07) is 16.2. The van der Waals surface area contributed by atoms with Crippen LogP contribution in [-0.2, 0) is 6.61 Å². The summed E-state index contributed by atoms with van der Waals surface area (Å²) < 4.78 is 5.95. The lowest BCUT2D eigenvalue weighted by Gasteiger charge is -2.42. The van der Waals surface area contributed by atoms with Gasteiger partial charge in [0.05, 0.1) is 16.7 Å². The van der Waals surface area contributed by atoms with Crippen LogP contribution in [0.1, 0.15) is 68.4 Å². The molecule has 32 heavy (non-hydrogen) atoms. The van der Waals surface area contributed by atoms with E-state index in [9.17, 15) is 10.2 Å². The second-order valence-corrected chi connectivity index (χ2v) is 9.65. The van der Waals surface area contributed by atoms with Crippen LogP contribution < -0.4 is 10.1 Å². The largest absolute Gasteiger partial charge is 0.487 e. The van der Waals surface area contributed by atoms with Crippen molar-refractivity contribution >= 4 is 24.0 Å². The van der Waals surface area contributed by atoms with E-state index in [1.807, 2.05) is 42.5 Å². The second kappa shape index (κ2) is 11.7. The van der Waals surface area contributed by atoms with Crippen molar-refractivity contribution in [2.45, 2.75) is 81.6 Å². The van der Waals surface area contributed by atoms with Crippen LogP contribution in [0.25, 0.3) is 0 Å². The summed E-state index contributed by atoms with van der Waals surface area (Å²) >= 11 is 6.63. The molecule has 6 heteroatoms. The first-order chi connectivity index (χ1) is 15.0. The van der Waals surface area contributed by atoms with Crippen LogP contribution in [0.3, 0.4) is 0 Å². The number of aliphatic hydroxyl groups excluding tert-OH is 1. The van der Waals surface area contributed by atoms with Crippen LogP contribution in [-0.4, -0.2) is 34.5 Å². The molecule has 1 aliphatic carbocycles. The molecule has 3 atom stereocenters. The van der Waals surface area contributed by atoms with Gasteiger partial charge in [0.2, 0.25) is 0 Å². The molecule has 4 rings (SSSR count). The minimum atomic E-state index is -0.724. The average molecular weight is 480 g/mol. The number of rotatable bonds is 7. The van der Waals surface area contributed by atoms with Gasteiger partial charge in [0, 0.05) is 12.0 Å². The SMILES string of the molecule is Cl.OC1CCNC(CC(c2ccc(OCc3ccccc3)c(Cl)c2)C2(O)CCCCC2)C1. The Kier molecular flexibility index (Phi) is 9.27. The van der Waals surface area contributed by atoms with Gasteiger partial charge in [0.15, 0.2) is 0 Å². The third kappa shape index (κ3) is 6.39. The molecule has 0 aromatic heterocycles. The van der Waals surface area contributed by atoms with E-state index in [2.05, 4.69) is 11.4 Å². The van der Waals surface area contributed by atoms with E-state index in [4.69, 9.17) is 16.3 Å². The van der Waals surface area contributed by atoms with Crippen molar-refractivity contribution in [3.8, 4) is 5.75 Å². The summed E-state index contributed by atoms with van der Waals surface area (Å²) in [5, 5.41) is 25.9. The van der Waals surface area contributed by atoms with E-state index in [1.54, 1.807) is 0 Å². The number of aliphatic hydroxyl groups is 2. The number of piperidine rings is 1. The molecule has 3 N–H and O–H groups in total. The number of benzene rings is 2. The van der Waals surface area contributed by atoms with Gasteiger partial charge in [0.25, 0.3) is 0 Å². The van der Waals surface area contributed by atoms with Crippen molar-refractivity contribution in [3.63, 3.8) is 0 Å². The summed E-state index contributed by atoms with van der Waals surface area (Å²) in [5.74, 6) is 0.645. The van der Waals surface area contributed by atoms with Gasteiger partial charge in [-0.25, -0.2) is 0 Å². The van der Waals surface area contributed by atoms with Crippen molar-refractivity contribution < 1.29 is 14.9 Å². The molecule has 0 radical (unpaired) electrons. The van der Waals surface area contributed by atoms with Crippen LogP contribution in [0.4, 0.5) is 0 Å². The first kappa shape index (κ1) is 25.3. The summed E-state index contributed by atoms with van der Waals surface area (Å²) in [6.45, 7) is 1.29. The molecule has 0 amide bonds. The Morgan fingerprint density at radius 2 is 1.84 bits per heavy atom. The van der Waals surface area contributed by atoms with Crippen molar-refractivity contribution in [2.75, 3.05) is 6.54 Å². The molecule has 3 unspecified atom stereocenters. The van der Waals surface area contributed by atoms with E-state index in [1.165, 1.54) is 6.42 Å². The van der Waals surface area contributed by atoms with Gasteiger partial charge >= 0.3 is 0 Å². The minimum Gasteiger partial charge on any atom is -0.487 e. The fourth-order valence-electron chi connectivity index (χ4n) is 5.21. The predicted molar refractivity (Wildman–Crippen MR) is 132 cm³/mol. The summed E-state index contributed by atoms with van der Waals surface area (Å²) in [4.78, 5) is 0. The maximum Gasteiger partial charge on any atom is 0.138 e. The van der Waals surface area contributed by atoms with Gasteiger partial charge in [-0.05, 0) is 61.9 Å². The number of nitrogens with one attached hydrogen (secondary N) is 1. The van der Waals surface area contributed by atoms with E-state index in [0.29, 0.717) is 17.4 Å². The lowest BCUT2D eigenvalue weighted by Crippen LogP contribution is -2.45. The predicted octanol–water partition coefficient (Wildman–Crippen LogP) is 5.62. The molecule has 2 aromatic rings. The van der Waals surface area contributed by atoms with E-state index >= 15 is 0 Å². The van der Waals surface area contributed by atoms with Crippen LogP contribution in [0, 0.1) is 0 Å². The van der Waals surface area contributed by atoms with E-state index in [-0.39, 0.29) is 30.5 Å². The van der Waals surface area contributed by atoms with Gasteiger partial charge in [0.1, 0.15) is 12.4 Å². The molecular weight excluding hydrogens is 445 g/mol. The summed E-state index contributed by atoms with van der Waals surface area (Å²) in [7, 11) is 0. The zero-order chi connectivity index (χ0) is 21.7. The van der Waals surface area contributed by atoms with Crippen molar-refractivity contribution in [1.82, 2.24) is 5.32 Å². The van der Waals surface area contributed by atoms with Crippen molar-refractivity contribution in [3.05, 3.63) is 64.7 Å². The van der Waals surface area contributed by atoms with Gasteiger partial charge in [-0.3, -0.25) is 0 Å². The van der Waals surface area contributed by atoms with Crippen LogP contribution in [0.15, 0.2) is 48.5 Å². The first-order valence-electron chi connectivity index (χ1n) is 11.6. The van der Waals surface area contributed by atoms with Gasteiger partial charge in [-0.15, -0.1) is 12.4 Å². The maximum atomic E-state index is 11.6. The Balaban J connectivity index is 0.00000289. The molecule has 2 aliphatic rings. The monoisotopic (exact) mass is 479 g/mol. The topological polar surface area (TPSA) is 61.7 Å². The fourth-order valence-corrected chi connectivity index (χ4v) is 5.46. The molecule has 2 aromatic carbocycles. The van der Waals surface area contributed by atoms with Gasteiger partial charge in [-0.1, -0.05) is 67.3 Å². The highest BCUT2D eigenvalue weighted by molar-refractivity contribution is 6.32. The Hall–Kier alpha value is -1.30. The van der Waals surface area contributed by atoms with Gasteiger partial charge < -0.3 is 20.3 Å². The second-order valence-electron chi connectivity index (χ2n) is 9.25. The summed E-state index contributed by atoms with van der Waals surface area (Å²) in [6.07, 6.45) is 7.00. The highest BCUT2D eigenvalue weighted by atomic mass is 35.5. The highest BCUT2D eigenvalue weighted by Gasteiger charge is 2.40. The smallest absolute Gasteiger partial charge is 0.138 e. The van der Waals surface area contributed by atoms with Crippen LogP contribution >= 0.6 is 24.0 Å². The zero-order valence-electron chi connectivity index (χ0n) is 18.5. The molecule has 176 valence electrons. The Morgan fingerprint density at radius 1 is 1.09 bits per heavy atom. The van der Waals surface area contributed by atoms with Gasteiger partial charge in [-0.2, -0.15) is 0 Å². The molecule has 4 nitrogen and oxygen atoms in total. The van der Waals surface area contributed by atoms with E-state index < -0.39 is 5.60 Å². The quantitative estimate of drug-likeness (QED) is 0.481. The standard InChI is InChI=1S/C26H34ClNO3.ClH/c27-24-15-20(9-10-25(24)31-18-19-7-3-1-4-8-19)23(26(30)12-5-2-6-13-26)17-21-16-22(29)11-14-28-21;/h1,3-4,7-10,15,21-23,28-30H,2,5-6,11-14,16-18H2;1H. The average Bonchev–Trinajstić information content (AvgIpc) is 2.78. The Morgan fingerprint density at radius 3 is 2.53 bits per heavy atom. The minimum absolute atomic E-state index is 0. The number of halogens is 2. The van der Waals surface area contributed by atoms with Crippen LogP contribution in [0.2, 0.25) is 5.02 Å². The third-order valence-corrected chi connectivity index (χ3v) is 7.25. The third-order valence-electron chi connectivity index (χ3n) is 6.95. The Bertz CT molecular complexity index is 842. The molecule has 1 saturated heterocycles. The van der Waals surface area contributed by atoms with Crippen molar-refractivity contribution in [1.29, 1.82) is 0 Å². The van der Waals surface area contributed by atoms with E-state index in [0.717, 1.165) is 62.6 Å². The first-order valence-corrected chi connectivity index (χ1v) is 12.0.